The maximum absolute atomic E-state index is 5.59. The number of anilines is 1. The van der Waals surface area contributed by atoms with Crippen LogP contribution in [0.2, 0.25) is 0 Å². The average Bonchev–Trinajstić information content (AvgIpc) is 2.40. The first-order valence-electron chi connectivity index (χ1n) is 6.64. The summed E-state index contributed by atoms with van der Waals surface area (Å²) in [6.07, 6.45) is 0.935. The number of rotatable bonds is 4. The van der Waals surface area contributed by atoms with E-state index in [1.165, 1.54) is 5.56 Å². The van der Waals surface area contributed by atoms with Gasteiger partial charge in [0.25, 0.3) is 0 Å². The van der Waals surface area contributed by atoms with Crippen LogP contribution in [0.15, 0.2) is 15.0 Å². The van der Waals surface area contributed by atoms with Gasteiger partial charge in [-0.15, -0.1) is 0 Å². The Morgan fingerprint density at radius 3 is 2.50 bits per heavy atom. The molecule has 0 radical (unpaired) electrons. The largest absolute Gasteiger partial charge is 0.495 e. The van der Waals surface area contributed by atoms with Crippen LogP contribution in [-0.4, -0.2) is 18.6 Å². The van der Waals surface area contributed by atoms with Gasteiger partial charge in [0.15, 0.2) is 0 Å². The molecule has 2 rings (SSSR count). The number of nitrogens with zero attached hydrogens (tertiary/aromatic N) is 1. The van der Waals surface area contributed by atoms with Crippen molar-refractivity contribution in [2.24, 2.45) is 0 Å². The van der Waals surface area contributed by atoms with Crippen LogP contribution < -0.4 is 10.1 Å². The zero-order valence-electron chi connectivity index (χ0n) is 12.1. The number of fused-ring (bicyclic) bond motifs is 1. The fraction of sp³-hybridized carbons (Fsp3) is 0.400. The van der Waals surface area contributed by atoms with E-state index in [9.17, 15) is 0 Å². The summed E-state index contributed by atoms with van der Waals surface area (Å²) < 4.78 is 7.48. The molecule has 1 N–H and O–H groups in total. The van der Waals surface area contributed by atoms with Crippen LogP contribution in [0.4, 0.5) is 5.69 Å². The van der Waals surface area contributed by atoms with E-state index in [2.05, 4.69) is 57.9 Å². The molecule has 0 aliphatic carbocycles. The molecule has 0 saturated heterocycles. The van der Waals surface area contributed by atoms with Gasteiger partial charge in [-0.3, -0.25) is 4.98 Å². The highest BCUT2D eigenvalue weighted by molar-refractivity contribution is 9.11. The molecular weight excluding hydrogens is 384 g/mol. The van der Waals surface area contributed by atoms with E-state index < -0.39 is 0 Å². The van der Waals surface area contributed by atoms with Gasteiger partial charge in [0, 0.05) is 16.7 Å². The van der Waals surface area contributed by atoms with Crippen LogP contribution in [0.1, 0.15) is 25.1 Å². The van der Waals surface area contributed by atoms with Gasteiger partial charge in [0.05, 0.1) is 28.2 Å². The van der Waals surface area contributed by atoms with E-state index in [0.717, 1.165) is 49.9 Å². The van der Waals surface area contributed by atoms with Crippen molar-refractivity contribution in [2.75, 3.05) is 19.0 Å². The van der Waals surface area contributed by atoms with E-state index in [1.807, 2.05) is 6.07 Å². The van der Waals surface area contributed by atoms with Crippen LogP contribution >= 0.6 is 31.9 Å². The molecule has 0 saturated carbocycles. The summed E-state index contributed by atoms with van der Waals surface area (Å²) in [4.78, 5) is 4.75. The molecule has 3 nitrogen and oxygen atoms in total. The number of halogens is 2. The summed E-state index contributed by atoms with van der Waals surface area (Å²) in [5.74, 6) is 0.821. The van der Waals surface area contributed by atoms with Crippen LogP contribution in [0.25, 0.3) is 10.9 Å². The quantitative estimate of drug-likeness (QED) is 0.776. The van der Waals surface area contributed by atoms with Crippen molar-refractivity contribution in [1.29, 1.82) is 0 Å². The van der Waals surface area contributed by atoms with Gasteiger partial charge in [-0.2, -0.15) is 0 Å². The standard InChI is InChI=1S/C15H18Br2N2O/c1-5-9-8(3)19-14-10(16)7-11(17)15(20-4)12(14)13(9)18-6-2/h7H,5-6H2,1-4H3,(H,18,19). The molecule has 0 unspecified atom stereocenters. The molecule has 20 heavy (non-hydrogen) atoms. The van der Waals surface area contributed by atoms with Gasteiger partial charge in [0.2, 0.25) is 0 Å². The fourth-order valence-electron chi connectivity index (χ4n) is 2.50. The van der Waals surface area contributed by atoms with E-state index in [1.54, 1.807) is 7.11 Å². The molecule has 0 aliphatic heterocycles. The van der Waals surface area contributed by atoms with Crippen LogP contribution in [0.3, 0.4) is 0 Å². The van der Waals surface area contributed by atoms with Crippen LogP contribution in [0, 0.1) is 6.92 Å². The Morgan fingerprint density at radius 2 is 1.95 bits per heavy atom. The van der Waals surface area contributed by atoms with Crippen molar-refractivity contribution in [3.63, 3.8) is 0 Å². The Morgan fingerprint density at radius 1 is 1.25 bits per heavy atom. The first kappa shape index (κ1) is 15.6. The Bertz CT molecular complexity index is 656. The number of pyridine rings is 1. The molecule has 1 heterocycles. The number of ether oxygens (including phenoxy) is 1. The Hall–Kier alpha value is -0.810. The van der Waals surface area contributed by atoms with Crippen molar-refractivity contribution in [3.8, 4) is 5.75 Å². The van der Waals surface area contributed by atoms with Crippen molar-refractivity contribution in [1.82, 2.24) is 4.98 Å². The second-order valence-electron chi connectivity index (χ2n) is 4.53. The summed E-state index contributed by atoms with van der Waals surface area (Å²) >= 11 is 7.17. The first-order valence-corrected chi connectivity index (χ1v) is 8.22. The van der Waals surface area contributed by atoms with Crippen LogP contribution in [-0.2, 0) is 6.42 Å². The minimum Gasteiger partial charge on any atom is -0.495 e. The second-order valence-corrected chi connectivity index (χ2v) is 6.24. The SMILES string of the molecule is CCNc1c(CC)c(C)nc2c(Br)cc(Br)c(OC)c12. The lowest BCUT2D eigenvalue weighted by atomic mass is 10.0. The minimum atomic E-state index is 0.821. The third kappa shape index (κ3) is 2.53. The smallest absolute Gasteiger partial charge is 0.144 e. The highest BCUT2D eigenvalue weighted by Crippen LogP contribution is 2.43. The highest BCUT2D eigenvalue weighted by Gasteiger charge is 2.19. The molecule has 1 aromatic carbocycles. The Kier molecular flexibility index (Phi) is 4.91. The molecule has 108 valence electrons. The molecule has 0 aliphatic rings. The number of hydrogen-bond donors (Lipinski definition) is 1. The maximum Gasteiger partial charge on any atom is 0.144 e. The van der Waals surface area contributed by atoms with Gasteiger partial charge in [-0.25, -0.2) is 0 Å². The van der Waals surface area contributed by atoms with E-state index in [4.69, 9.17) is 9.72 Å². The van der Waals surface area contributed by atoms with E-state index in [0.29, 0.717) is 0 Å². The number of aromatic nitrogens is 1. The predicted octanol–water partition coefficient (Wildman–Crippen LogP) is 5.07. The zero-order chi connectivity index (χ0) is 14.9. The van der Waals surface area contributed by atoms with Gasteiger partial charge in [0.1, 0.15) is 5.75 Å². The number of nitrogens with one attached hydrogen (secondary N) is 1. The monoisotopic (exact) mass is 400 g/mol. The van der Waals surface area contributed by atoms with Gasteiger partial charge >= 0.3 is 0 Å². The third-order valence-electron chi connectivity index (χ3n) is 3.34. The Balaban J connectivity index is 2.99. The van der Waals surface area contributed by atoms with Crippen molar-refractivity contribution >= 4 is 48.5 Å². The second kappa shape index (κ2) is 6.31. The molecule has 0 atom stereocenters. The molecule has 0 amide bonds. The highest BCUT2D eigenvalue weighted by atomic mass is 79.9. The summed E-state index contributed by atoms with van der Waals surface area (Å²) in [6.45, 7) is 7.16. The topological polar surface area (TPSA) is 34.2 Å². The Labute approximate surface area is 136 Å². The zero-order valence-corrected chi connectivity index (χ0v) is 15.3. The molecule has 1 aromatic heterocycles. The maximum atomic E-state index is 5.59. The van der Waals surface area contributed by atoms with E-state index >= 15 is 0 Å². The first-order chi connectivity index (χ1) is 9.54. The lowest BCUT2D eigenvalue weighted by molar-refractivity contribution is 0.417. The van der Waals surface area contributed by atoms with Crippen molar-refractivity contribution in [3.05, 3.63) is 26.3 Å². The van der Waals surface area contributed by atoms with Crippen LogP contribution in [0.5, 0.6) is 5.75 Å². The van der Waals surface area contributed by atoms with Crippen molar-refractivity contribution in [2.45, 2.75) is 27.2 Å². The summed E-state index contributed by atoms with van der Waals surface area (Å²) in [6, 6.07) is 1.98. The lowest BCUT2D eigenvalue weighted by Gasteiger charge is -2.19. The third-order valence-corrected chi connectivity index (χ3v) is 4.53. The normalized spacial score (nSPS) is 10.9. The summed E-state index contributed by atoms with van der Waals surface area (Å²) in [7, 11) is 1.69. The number of benzene rings is 1. The van der Waals surface area contributed by atoms with Crippen molar-refractivity contribution < 1.29 is 4.74 Å². The lowest BCUT2D eigenvalue weighted by Crippen LogP contribution is -2.06. The molecule has 0 fully saturated rings. The van der Waals surface area contributed by atoms with Gasteiger partial charge in [-0.1, -0.05) is 6.92 Å². The molecule has 0 spiro atoms. The van der Waals surface area contributed by atoms with Gasteiger partial charge < -0.3 is 10.1 Å². The number of methoxy groups -OCH3 is 1. The van der Waals surface area contributed by atoms with E-state index in [-0.39, 0.29) is 0 Å². The summed E-state index contributed by atoms with van der Waals surface area (Å²) in [5.41, 5.74) is 4.34. The van der Waals surface area contributed by atoms with Gasteiger partial charge in [-0.05, 0) is 63.8 Å². The average molecular weight is 402 g/mol. The number of hydrogen-bond acceptors (Lipinski definition) is 3. The number of aryl methyl sites for hydroxylation is 1. The minimum absolute atomic E-state index is 0.821. The molecule has 2 aromatic rings. The molecule has 5 heteroatoms. The summed E-state index contributed by atoms with van der Waals surface area (Å²) in [5, 5.41) is 4.50. The molecule has 0 bridgehead atoms. The fourth-order valence-corrected chi connectivity index (χ4v) is 3.92. The predicted molar refractivity (Wildman–Crippen MR) is 92.0 cm³/mol. The molecular formula is C15H18Br2N2O.